The molecule has 0 aliphatic carbocycles. The van der Waals surface area contributed by atoms with Crippen LogP contribution in [0.5, 0.6) is 11.5 Å². The third-order valence-electron chi connectivity index (χ3n) is 1.71. The Bertz CT molecular complexity index is 288. The zero-order chi connectivity index (χ0) is 11.8. The third kappa shape index (κ3) is 6.25. The molecule has 2 radical (unpaired) electrons. The van der Waals surface area contributed by atoms with Gasteiger partial charge in [-0.15, -0.1) is 0 Å². The van der Waals surface area contributed by atoms with Gasteiger partial charge in [-0.05, 0) is 38.1 Å². The van der Waals surface area contributed by atoms with Crippen LogP contribution in [-0.4, -0.2) is 37.4 Å². The van der Waals surface area contributed by atoms with Gasteiger partial charge in [0, 0.05) is 17.1 Å². The number of hydrogen-bond acceptors (Lipinski definition) is 4. The SMILES string of the molecule is CCOP(OCC)Oc1ccc(OC)cc1.[Se]. The van der Waals surface area contributed by atoms with Gasteiger partial charge in [-0.3, -0.25) is 0 Å². The Morgan fingerprint density at radius 2 is 1.41 bits per heavy atom. The summed E-state index contributed by atoms with van der Waals surface area (Å²) in [6.45, 7) is 4.96. The van der Waals surface area contributed by atoms with Crippen LogP contribution in [0.4, 0.5) is 0 Å². The van der Waals surface area contributed by atoms with Crippen molar-refractivity contribution >= 4 is 25.7 Å². The molecule has 1 aromatic rings. The Labute approximate surface area is 114 Å². The molecule has 96 valence electrons. The van der Waals surface area contributed by atoms with E-state index in [4.69, 9.17) is 18.3 Å². The van der Waals surface area contributed by atoms with Crippen LogP contribution in [-0.2, 0) is 9.05 Å². The van der Waals surface area contributed by atoms with Crippen molar-refractivity contribution in [3.8, 4) is 11.5 Å². The maximum Gasteiger partial charge on any atom is 0.397 e. The second-order valence-corrected chi connectivity index (χ2v) is 3.97. The van der Waals surface area contributed by atoms with E-state index >= 15 is 0 Å². The average Bonchev–Trinajstić information content (AvgIpc) is 2.31. The Balaban J connectivity index is 0.00000256. The van der Waals surface area contributed by atoms with Crippen LogP contribution in [0.2, 0.25) is 0 Å². The molecule has 6 heteroatoms. The average molecular weight is 323 g/mol. The molecule has 0 spiro atoms. The fraction of sp³-hybridized carbons (Fsp3) is 0.455. The van der Waals surface area contributed by atoms with E-state index in [-0.39, 0.29) is 17.1 Å². The molecular weight excluding hydrogens is 306 g/mol. The number of rotatable bonds is 7. The second-order valence-electron chi connectivity index (χ2n) is 2.83. The number of methoxy groups -OCH3 is 1. The summed E-state index contributed by atoms with van der Waals surface area (Å²) >= 11 is 0. The molecule has 0 heterocycles. The fourth-order valence-corrected chi connectivity index (χ4v) is 1.92. The van der Waals surface area contributed by atoms with Crippen molar-refractivity contribution in [3.05, 3.63) is 24.3 Å². The quantitative estimate of drug-likeness (QED) is 0.571. The molecule has 0 atom stereocenters. The van der Waals surface area contributed by atoms with Gasteiger partial charge in [0.25, 0.3) is 0 Å². The first-order valence-electron chi connectivity index (χ1n) is 5.18. The molecule has 0 fully saturated rings. The van der Waals surface area contributed by atoms with Crippen LogP contribution in [0.1, 0.15) is 13.8 Å². The Kier molecular flexibility index (Phi) is 9.52. The zero-order valence-corrected chi connectivity index (χ0v) is 12.8. The molecule has 17 heavy (non-hydrogen) atoms. The minimum atomic E-state index is -1.29. The molecule has 0 aliphatic heterocycles. The van der Waals surface area contributed by atoms with E-state index in [0.717, 1.165) is 5.75 Å². The number of benzene rings is 1. The summed E-state index contributed by atoms with van der Waals surface area (Å²) in [6.07, 6.45) is 0. The Hall–Kier alpha value is -0.311. The van der Waals surface area contributed by atoms with E-state index in [2.05, 4.69) is 0 Å². The van der Waals surface area contributed by atoms with Crippen molar-refractivity contribution in [2.45, 2.75) is 13.8 Å². The molecule has 0 aromatic heterocycles. The van der Waals surface area contributed by atoms with Gasteiger partial charge in [-0.1, -0.05) is 0 Å². The normalized spacial score (nSPS) is 9.88. The van der Waals surface area contributed by atoms with Crippen molar-refractivity contribution in [1.29, 1.82) is 0 Å². The largest absolute Gasteiger partial charge is 0.497 e. The van der Waals surface area contributed by atoms with Crippen LogP contribution in [0.3, 0.4) is 0 Å². The predicted octanol–water partition coefficient (Wildman–Crippen LogP) is 2.99. The van der Waals surface area contributed by atoms with Crippen LogP contribution in [0.15, 0.2) is 24.3 Å². The smallest absolute Gasteiger partial charge is 0.397 e. The van der Waals surface area contributed by atoms with Crippen molar-refractivity contribution < 1.29 is 18.3 Å². The van der Waals surface area contributed by atoms with Gasteiger partial charge in [0.2, 0.25) is 0 Å². The summed E-state index contributed by atoms with van der Waals surface area (Å²) in [7, 11) is 0.336. The van der Waals surface area contributed by atoms with E-state index in [1.165, 1.54) is 0 Å². The molecule has 4 nitrogen and oxygen atoms in total. The van der Waals surface area contributed by atoms with Gasteiger partial charge in [0.1, 0.15) is 11.5 Å². The third-order valence-corrected chi connectivity index (χ3v) is 3.01. The first kappa shape index (κ1) is 16.7. The van der Waals surface area contributed by atoms with E-state index in [9.17, 15) is 0 Å². The van der Waals surface area contributed by atoms with Crippen LogP contribution >= 0.6 is 8.60 Å². The predicted molar refractivity (Wildman–Crippen MR) is 69.5 cm³/mol. The first-order chi connectivity index (χ1) is 7.80. The van der Waals surface area contributed by atoms with Gasteiger partial charge < -0.3 is 18.3 Å². The molecule has 0 amide bonds. The van der Waals surface area contributed by atoms with Crippen molar-refractivity contribution in [2.24, 2.45) is 0 Å². The molecule has 1 aromatic carbocycles. The van der Waals surface area contributed by atoms with Crippen molar-refractivity contribution in [2.75, 3.05) is 20.3 Å². The summed E-state index contributed by atoms with van der Waals surface area (Å²) in [5, 5.41) is 0. The van der Waals surface area contributed by atoms with Gasteiger partial charge in [0.05, 0.1) is 20.3 Å². The molecular formula is C11H17O4PSe. The zero-order valence-electron chi connectivity index (χ0n) is 10.2. The van der Waals surface area contributed by atoms with Gasteiger partial charge in [-0.25, -0.2) is 0 Å². The minimum absolute atomic E-state index is 0. The number of hydrogen-bond donors (Lipinski definition) is 0. The molecule has 1 rings (SSSR count). The second kappa shape index (κ2) is 9.69. The van der Waals surface area contributed by atoms with E-state index < -0.39 is 8.60 Å². The molecule has 0 bridgehead atoms. The monoisotopic (exact) mass is 324 g/mol. The molecule has 0 aliphatic rings. The minimum Gasteiger partial charge on any atom is -0.497 e. The van der Waals surface area contributed by atoms with Gasteiger partial charge in [0.15, 0.2) is 0 Å². The Morgan fingerprint density at radius 3 is 1.82 bits per heavy atom. The number of ether oxygens (including phenoxy) is 1. The molecule has 0 N–H and O–H groups in total. The topological polar surface area (TPSA) is 36.9 Å². The van der Waals surface area contributed by atoms with Crippen LogP contribution < -0.4 is 9.26 Å². The van der Waals surface area contributed by atoms with Crippen LogP contribution in [0, 0.1) is 0 Å². The fourth-order valence-electron chi connectivity index (χ4n) is 1.02. The first-order valence-corrected chi connectivity index (χ1v) is 6.27. The van der Waals surface area contributed by atoms with Crippen molar-refractivity contribution in [1.82, 2.24) is 0 Å². The summed E-state index contributed by atoms with van der Waals surface area (Å²) in [6, 6.07) is 7.32. The summed E-state index contributed by atoms with van der Waals surface area (Å²) in [5.74, 6) is 1.51. The Morgan fingerprint density at radius 1 is 0.941 bits per heavy atom. The van der Waals surface area contributed by atoms with Gasteiger partial charge in [-0.2, -0.15) is 0 Å². The summed E-state index contributed by atoms with van der Waals surface area (Å²) in [5.41, 5.74) is 0. The molecule has 0 unspecified atom stereocenters. The maximum atomic E-state index is 5.56. The van der Waals surface area contributed by atoms with Crippen molar-refractivity contribution in [3.63, 3.8) is 0 Å². The molecule has 0 saturated carbocycles. The maximum absolute atomic E-state index is 5.56. The summed E-state index contributed by atoms with van der Waals surface area (Å²) in [4.78, 5) is 0. The van der Waals surface area contributed by atoms with Crippen LogP contribution in [0.25, 0.3) is 0 Å². The van der Waals surface area contributed by atoms with E-state index in [0.29, 0.717) is 19.0 Å². The summed E-state index contributed by atoms with van der Waals surface area (Å²) < 4.78 is 21.3. The van der Waals surface area contributed by atoms with E-state index in [1.807, 2.05) is 38.1 Å². The molecule has 0 saturated heterocycles. The van der Waals surface area contributed by atoms with Gasteiger partial charge >= 0.3 is 8.60 Å². The van der Waals surface area contributed by atoms with E-state index in [1.54, 1.807) is 7.11 Å². The standard InChI is InChI=1S/C11H17O4P.Se/c1-4-13-16(14-5-2)15-11-8-6-10(12-3)7-9-11;/h6-9H,4-5H2,1-3H3;.